The molecule has 5 heteroatoms. The molecule has 0 N–H and O–H groups in total. The van der Waals surface area contributed by atoms with Crippen molar-refractivity contribution in [1.82, 2.24) is 4.74 Å². The van der Waals surface area contributed by atoms with Crippen molar-refractivity contribution in [1.29, 1.82) is 0 Å². The maximum atomic E-state index is 12.1. The fourth-order valence-corrected chi connectivity index (χ4v) is 2.18. The lowest BCUT2D eigenvalue weighted by Gasteiger charge is -2.18. The molecule has 0 aliphatic rings. The zero-order chi connectivity index (χ0) is 15.2. The van der Waals surface area contributed by atoms with Gasteiger partial charge in [-0.1, -0.05) is 24.3 Å². The summed E-state index contributed by atoms with van der Waals surface area (Å²) in [5.41, 5.74) is -0.808. The first-order chi connectivity index (χ1) is 9.85. The predicted molar refractivity (Wildman–Crippen MR) is 79.6 cm³/mol. The second-order valence-corrected chi connectivity index (χ2v) is 5.87. The van der Waals surface area contributed by atoms with Gasteiger partial charge in [0.1, 0.15) is 11.1 Å². The van der Waals surface area contributed by atoms with E-state index in [2.05, 4.69) is 0 Å². The van der Waals surface area contributed by atoms with Gasteiger partial charge in [-0.15, -0.1) is 4.74 Å². The summed E-state index contributed by atoms with van der Waals surface area (Å²) in [5.74, 6) is 0. The summed E-state index contributed by atoms with van der Waals surface area (Å²) in [7, 11) is 0. The van der Waals surface area contributed by atoms with Crippen LogP contribution in [-0.2, 0) is 4.74 Å². The van der Waals surface area contributed by atoms with E-state index in [-0.39, 0.29) is 0 Å². The highest BCUT2D eigenvalue weighted by Crippen LogP contribution is 2.22. The molecule has 108 valence electrons. The van der Waals surface area contributed by atoms with E-state index >= 15 is 0 Å². The summed E-state index contributed by atoms with van der Waals surface area (Å²) in [5, 5.41) is 2.20. The average Bonchev–Trinajstić information content (AvgIpc) is 2.72. The van der Waals surface area contributed by atoms with Crippen molar-refractivity contribution in [3.8, 4) is 0 Å². The van der Waals surface area contributed by atoms with E-state index in [0.717, 1.165) is 15.5 Å². The van der Waals surface area contributed by atoms with Gasteiger partial charge in [0.25, 0.3) is 0 Å². The van der Waals surface area contributed by atoms with Crippen molar-refractivity contribution >= 4 is 27.8 Å². The number of hydrogen-bond donors (Lipinski definition) is 0. The summed E-state index contributed by atoms with van der Waals surface area (Å²) < 4.78 is 11.2. The molecule has 0 fully saturated rings. The fraction of sp³-hybridized carbons (Fsp3) is 0.250. The number of benzene rings is 2. The number of rotatable bonds is 0. The maximum absolute atomic E-state index is 12.1. The summed E-state index contributed by atoms with van der Waals surface area (Å²) in [4.78, 5) is 24.0. The Morgan fingerprint density at radius 1 is 1.14 bits per heavy atom. The van der Waals surface area contributed by atoms with Gasteiger partial charge in [0.05, 0.1) is 5.39 Å². The molecule has 1 heterocycles. The van der Waals surface area contributed by atoms with Gasteiger partial charge < -0.3 is 9.26 Å². The topological polar surface area (TPSA) is 61.4 Å². The zero-order valence-electron chi connectivity index (χ0n) is 12.0. The molecule has 1 aromatic heterocycles. The third-order valence-electron chi connectivity index (χ3n) is 3.04. The van der Waals surface area contributed by atoms with Gasteiger partial charge in [0.15, 0.2) is 0 Å². The van der Waals surface area contributed by atoms with Crippen molar-refractivity contribution in [2.24, 2.45) is 0 Å². The van der Waals surface area contributed by atoms with Crippen LogP contribution >= 0.6 is 0 Å². The van der Waals surface area contributed by atoms with E-state index in [4.69, 9.17) is 9.26 Å². The molecule has 0 saturated heterocycles. The first-order valence-corrected chi connectivity index (χ1v) is 6.63. The Morgan fingerprint density at radius 3 is 2.38 bits per heavy atom. The third-order valence-corrected chi connectivity index (χ3v) is 3.04. The molecule has 3 rings (SSSR count). The van der Waals surface area contributed by atoms with Crippen LogP contribution in [0.4, 0.5) is 4.79 Å². The molecule has 21 heavy (non-hydrogen) atoms. The molecule has 0 saturated carbocycles. The van der Waals surface area contributed by atoms with Crippen molar-refractivity contribution in [3.05, 3.63) is 46.8 Å². The smallest absolute Gasteiger partial charge is 0.441 e. The van der Waals surface area contributed by atoms with Gasteiger partial charge in [-0.2, -0.15) is 0 Å². The van der Waals surface area contributed by atoms with Crippen LogP contribution < -0.4 is 5.63 Å². The Bertz CT molecular complexity index is 896. The Balaban J connectivity index is 2.22. The minimum atomic E-state index is -0.704. The van der Waals surface area contributed by atoms with Gasteiger partial charge in [-0.25, -0.2) is 9.59 Å². The number of fused-ring (bicyclic) bond motifs is 2. The van der Waals surface area contributed by atoms with E-state index in [1.54, 1.807) is 32.9 Å². The number of carbonyl (C=O) groups is 1. The largest absolute Gasteiger partial charge is 0.448 e. The van der Waals surface area contributed by atoms with Crippen molar-refractivity contribution in [2.45, 2.75) is 26.4 Å². The monoisotopic (exact) mass is 285 g/mol. The number of aromatic nitrogens is 1. The van der Waals surface area contributed by atoms with Gasteiger partial charge in [-0.05, 0) is 43.7 Å². The molecular formula is C16H15NO4. The minimum absolute atomic E-state index is 0.361. The van der Waals surface area contributed by atoms with Crippen LogP contribution in [-0.4, -0.2) is 16.4 Å². The maximum Gasteiger partial charge on any atom is 0.448 e. The van der Waals surface area contributed by atoms with Crippen LogP contribution in [0, 0.1) is 0 Å². The fourth-order valence-electron chi connectivity index (χ4n) is 2.18. The second-order valence-electron chi connectivity index (χ2n) is 5.87. The number of nitrogens with zero attached hydrogens (tertiary/aromatic N) is 1. The minimum Gasteiger partial charge on any atom is -0.441 e. The molecule has 0 bridgehead atoms. The molecule has 0 amide bonds. The molecule has 5 nitrogen and oxygen atoms in total. The molecule has 0 aliphatic heterocycles. The van der Waals surface area contributed by atoms with Crippen molar-refractivity contribution in [3.63, 3.8) is 0 Å². The standard InChI is InChI=1S/C16H15NO4/c1-16(2,3)20-15(19)17-13-9-11-7-5-4-6-10(11)8-12(13)14(18)21-17/h4-9H,1-3H3. The summed E-state index contributed by atoms with van der Waals surface area (Å²) in [6, 6.07) is 11.1. The summed E-state index contributed by atoms with van der Waals surface area (Å²) >= 11 is 0. The van der Waals surface area contributed by atoms with Gasteiger partial charge in [0.2, 0.25) is 0 Å². The van der Waals surface area contributed by atoms with Crippen LogP contribution in [0.5, 0.6) is 0 Å². The van der Waals surface area contributed by atoms with E-state index in [1.165, 1.54) is 0 Å². The highest BCUT2D eigenvalue weighted by atomic mass is 16.6. The van der Waals surface area contributed by atoms with Crippen molar-refractivity contribution in [2.75, 3.05) is 0 Å². The molecule has 0 unspecified atom stereocenters. The van der Waals surface area contributed by atoms with Gasteiger partial charge in [0, 0.05) is 0 Å². The first kappa shape index (κ1) is 13.4. The quantitative estimate of drug-likeness (QED) is 0.634. The van der Waals surface area contributed by atoms with Gasteiger partial charge >= 0.3 is 11.7 Å². The molecule has 3 aromatic rings. The molecule has 0 atom stereocenters. The van der Waals surface area contributed by atoms with E-state index < -0.39 is 17.3 Å². The normalized spacial score (nSPS) is 12.0. The number of hydrogen-bond acceptors (Lipinski definition) is 4. The van der Waals surface area contributed by atoms with Crippen LogP contribution in [0.1, 0.15) is 20.8 Å². The molecule has 0 spiro atoms. The van der Waals surface area contributed by atoms with E-state index in [1.807, 2.05) is 24.3 Å². The van der Waals surface area contributed by atoms with Crippen molar-refractivity contribution < 1.29 is 14.1 Å². The van der Waals surface area contributed by atoms with Crippen LogP contribution in [0.3, 0.4) is 0 Å². The highest BCUT2D eigenvalue weighted by molar-refractivity contribution is 5.98. The lowest BCUT2D eigenvalue weighted by molar-refractivity contribution is 0.0391. The second kappa shape index (κ2) is 4.48. The Labute approximate surface area is 120 Å². The summed E-state index contributed by atoms with van der Waals surface area (Å²) in [6.45, 7) is 5.26. The van der Waals surface area contributed by atoms with Crippen LogP contribution in [0.2, 0.25) is 0 Å². The Morgan fingerprint density at radius 2 is 1.76 bits per heavy atom. The average molecular weight is 285 g/mol. The molecule has 2 aromatic carbocycles. The number of carbonyl (C=O) groups excluding carboxylic acids is 1. The van der Waals surface area contributed by atoms with Crippen LogP contribution in [0.25, 0.3) is 21.7 Å². The Hall–Kier alpha value is -2.56. The zero-order valence-corrected chi connectivity index (χ0v) is 12.0. The lowest BCUT2D eigenvalue weighted by Crippen LogP contribution is -2.26. The van der Waals surface area contributed by atoms with E-state index in [9.17, 15) is 9.59 Å². The van der Waals surface area contributed by atoms with E-state index in [0.29, 0.717) is 10.9 Å². The highest BCUT2D eigenvalue weighted by Gasteiger charge is 2.22. The van der Waals surface area contributed by atoms with Crippen LogP contribution in [0.15, 0.2) is 45.7 Å². The third kappa shape index (κ3) is 2.42. The predicted octanol–water partition coefficient (Wildman–Crippen LogP) is 3.53. The first-order valence-electron chi connectivity index (χ1n) is 6.63. The molecule has 0 aliphatic carbocycles. The lowest BCUT2D eigenvalue weighted by atomic mass is 10.1. The SMILES string of the molecule is CC(C)(C)OC(=O)n1oc(=O)c2cc3ccccc3cc21. The summed E-state index contributed by atoms with van der Waals surface area (Å²) in [6.07, 6.45) is -0.704. The molecule has 0 radical (unpaired) electrons. The Kier molecular flexibility index (Phi) is 2.86. The van der Waals surface area contributed by atoms with Gasteiger partial charge in [-0.3, -0.25) is 0 Å². The molecular weight excluding hydrogens is 270 g/mol. The number of ether oxygens (including phenoxy) is 1.